The number of furan rings is 1. The van der Waals surface area contributed by atoms with Crippen LogP contribution in [0.1, 0.15) is 0 Å². The van der Waals surface area contributed by atoms with Crippen LogP contribution in [0.5, 0.6) is 0 Å². The summed E-state index contributed by atoms with van der Waals surface area (Å²) in [6, 6.07) is 18.5. The fraction of sp³-hybridized carbons (Fsp3) is 0. The summed E-state index contributed by atoms with van der Waals surface area (Å²) in [7, 11) is 133. The highest BCUT2D eigenvalue weighted by Crippen LogP contribution is 2.34. The van der Waals surface area contributed by atoms with Crippen molar-refractivity contribution in [3.8, 4) is 45.3 Å². The van der Waals surface area contributed by atoms with E-state index >= 15 is 0 Å². The lowest BCUT2D eigenvalue weighted by atomic mass is 9.58. The van der Waals surface area contributed by atoms with Crippen molar-refractivity contribution in [2.45, 2.75) is 0 Å². The van der Waals surface area contributed by atoms with Gasteiger partial charge in [0.2, 0.25) is 0 Å². The summed E-state index contributed by atoms with van der Waals surface area (Å²) in [6.45, 7) is 0. The predicted molar refractivity (Wildman–Crippen MR) is 311 cm³/mol. The quantitative estimate of drug-likeness (QED) is 0.150. The molecule has 0 fully saturated rings. The Kier molecular flexibility index (Phi) is 12.9. The van der Waals surface area contributed by atoms with E-state index in [9.17, 15) is 0 Å². The fourth-order valence-electron chi connectivity index (χ4n) is 8.61. The van der Waals surface area contributed by atoms with Gasteiger partial charge in [-0.2, -0.15) is 0 Å². The molecule has 0 atom stereocenters. The summed E-state index contributed by atoms with van der Waals surface area (Å²) < 4.78 is 6.51. The van der Waals surface area contributed by atoms with Gasteiger partial charge in [-0.05, 0) is 16.6 Å². The van der Waals surface area contributed by atoms with E-state index in [0.717, 1.165) is 0 Å². The van der Waals surface area contributed by atoms with E-state index in [4.69, 9.17) is 176 Å². The van der Waals surface area contributed by atoms with Gasteiger partial charge in [0.25, 0.3) is 0 Å². The van der Waals surface area contributed by atoms with Crippen LogP contribution in [0, 0.1) is 0 Å². The number of fused-ring (bicyclic) bond motifs is 3. The average Bonchev–Trinajstić information content (AvgIpc) is 3.76. The van der Waals surface area contributed by atoms with Crippen LogP contribution in [0.25, 0.3) is 67.2 Å². The molecule has 276 valence electrons. The molecule has 0 bridgehead atoms. The van der Waals surface area contributed by atoms with Crippen molar-refractivity contribution in [2.24, 2.45) is 0 Å². The van der Waals surface area contributed by atoms with Gasteiger partial charge in [0.1, 0.15) is 168 Å². The van der Waals surface area contributed by atoms with Crippen LogP contribution in [0.15, 0.2) is 65.1 Å². The van der Waals surface area contributed by atoms with E-state index < -0.39 is 0 Å². The van der Waals surface area contributed by atoms with Crippen LogP contribution >= 0.6 is 0 Å². The summed E-state index contributed by atoms with van der Waals surface area (Å²) in [5.41, 5.74) is -2.59. The van der Waals surface area contributed by atoms with Crippen LogP contribution < -0.4 is 114 Å². The second-order valence-electron chi connectivity index (χ2n) is 16.3. The van der Waals surface area contributed by atoms with Crippen molar-refractivity contribution < 1.29 is 4.42 Å². The molecule has 0 amide bonds. The van der Waals surface area contributed by atoms with E-state index in [0.29, 0.717) is 22.8 Å². The van der Waals surface area contributed by atoms with Gasteiger partial charge in [-0.1, -0.05) is 126 Å². The zero-order chi connectivity index (χ0) is 50.7. The zero-order valence-corrected chi connectivity index (χ0v) is 37.0. The molecule has 0 aliphatic heterocycles. The van der Waals surface area contributed by atoms with E-state index in [1.54, 1.807) is 0 Å². The molecule has 0 unspecified atom stereocenters. The van der Waals surface area contributed by atoms with Crippen LogP contribution in [-0.2, 0) is 0 Å². The topological polar surface area (TPSA) is 55.1 Å². The minimum atomic E-state index is -0.297. The molecular weight excluding hydrogens is 829 g/mol. The van der Waals surface area contributed by atoms with Gasteiger partial charge in [0.15, 0.2) is 17.5 Å². The minimum absolute atomic E-state index is 0.00324. The Morgan fingerprint density at radius 2 is 0.571 bits per heavy atom. The Morgan fingerprint density at radius 3 is 0.986 bits per heavy atom. The highest BCUT2D eigenvalue weighted by Gasteiger charge is 2.31. The summed E-state index contributed by atoms with van der Waals surface area (Å²) in [4.78, 5) is 15.8. The minimum Gasteiger partial charge on any atom is -0.457 e. The second kappa shape index (κ2) is 18.2. The maximum absolute atomic E-state index is 7.07. The molecule has 0 N–H and O–H groups in total. The zero-order valence-electron chi connectivity index (χ0n) is 37.0. The van der Waals surface area contributed by atoms with Gasteiger partial charge in [0, 0.05) is 44.5 Å². The van der Waals surface area contributed by atoms with Gasteiger partial charge in [0.05, 0.1) is 0 Å². The standard InChI is InChI=1S/C45H10B20N4O/c46-18-15(14-19(47)31(59)38(32(60)20(14)48)69(39-33(61)27(55)25(53)28(56)34(39)62)40-35(63)29(57)26(54)30(58)36(40)64)23(51)42-16(21(18)49)13-17(22(50)24(52)37(65)41(13)70-42)45-67-43(11-7-3-1-4-8-11)66-44(68-45)12-9-5-2-6-10-12/h1-10H. The van der Waals surface area contributed by atoms with Crippen molar-refractivity contribution in [1.29, 1.82) is 0 Å². The Labute approximate surface area is 432 Å². The molecule has 40 radical (unpaired) electrons. The van der Waals surface area contributed by atoms with Crippen molar-refractivity contribution >= 4 is 305 Å². The molecule has 9 rings (SSSR count). The Morgan fingerprint density at radius 1 is 0.271 bits per heavy atom. The molecule has 0 spiro atoms. The molecule has 2 aromatic heterocycles. The number of aromatic nitrogens is 3. The van der Waals surface area contributed by atoms with Gasteiger partial charge in [-0.3, -0.25) is 0 Å². The lowest BCUT2D eigenvalue weighted by Gasteiger charge is -2.40. The van der Waals surface area contributed by atoms with Gasteiger partial charge in [-0.15, -0.1) is 38.2 Å². The first-order chi connectivity index (χ1) is 33.1. The third-order valence-corrected chi connectivity index (χ3v) is 12.4. The lowest BCUT2D eigenvalue weighted by molar-refractivity contribution is 0.675. The number of rotatable bonds is 7. The normalized spacial score (nSPS) is 11.4. The van der Waals surface area contributed by atoms with Gasteiger partial charge in [-0.25, -0.2) is 15.0 Å². The van der Waals surface area contributed by atoms with E-state index in [1.165, 1.54) is 4.90 Å². The smallest absolute Gasteiger partial charge is 0.164 e. The number of anilines is 3. The number of nitrogens with zero attached hydrogens (tertiary/aromatic N) is 4. The highest BCUT2D eigenvalue weighted by molar-refractivity contribution is 6.73. The average molecular weight is 839 g/mol. The van der Waals surface area contributed by atoms with E-state index in [-0.39, 0.29) is 171 Å². The van der Waals surface area contributed by atoms with Crippen molar-refractivity contribution in [1.82, 2.24) is 15.0 Å². The van der Waals surface area contributed by atoms with Crippen LogP contribution in [0.3, 0.4) is 0 Å². The van der Waals surface area contributed by atoms with Crippen LogP contribution in [-0.4, -0.2) is 172 Å². The van der Waals surface area contributed by atoms with Crippen molar-refractivity contribution in [3.63, 3.8) is 0 Å². The summed E-state index contributed by atoms with van der Waals surface area (Å²) in [5, 5.41) is 0.395. The lowest BCUT2D eigenvalue weighted by Crippen LogP contribution is -2.60. The summed E-state index contributed by atoms with van der Waals surface area (Å²) >= 11 is 0. The Bertz CT molecular complexity index is 3530. The Balaban J connectivity index is 1.35. The molecule has 2 heterocycles. The molecule has 70 heavy (non-hydrogen) atoms. The molecule has 5 nitrogen and oxygen atoms in total. The number of benzene rings is 7. The highest BCUT2D eigenvalue weighted by atomic mass is 16.3. The maximum Gasteiger partial charge on any atom is 0.164 e. The third-order valence-electron chi connectivity index (χ3n) is 12.4. The van der Waals surface area contributed by atoms with E-state index in [2.05, 4.69) is 0 Å². The second-order valence-corrected chi connectivity index (χ2v) is 16.3. The van der Waals surface area contributed by atoms with Crippen LogP contribution in [0.2, 0.25) is 0 Å². The molecule has 0 aliphatic carbocycles. The monoisotopic (exact) mass is 842 g/mol. The van der Waals surface area contributed by atoms with Gasteiger partial charge >= 0.3 is 0 Å². The maximum atomic E-state index is 7.07. The van der Waals surface area contributed by atoms with Crippen molar-refractivity contribution in [2.75, 3.05) is 4.90 Å². The third kappa shape index (κ3) is 7.40. The Hall–Kier alpha value is -5.55. The van der Waals surface area contributed by atoms with Crippen LogP contribution in [0.4, 0.5) is 17.1 Å². The summed E-state index contributed by atoms with van der Waals surface area (Å²) in [5.74, 6) is 0.733. The molecule has 25 heteroatoms. The molecule has 0 saturated heterocycles. The largest absolute Gasteiger partial charge is 0.457 e. The SMILES string of the molecule is [B]c1c([B])c([B])c(N(c2c([B])c([B])c([B])c([B])c2[B])c2c([B])c([B])c(-c3c([B])c([B])c4c(oc5c([B])c([B])c([B])c(-c6nc(-c7ccccc7)nc(-c7ccccc7)n6)c54)c3[B])c([B])c2[B])c([B])c1[B]. The van der Waals surface area contributed by atoms with E-state index in [1.807, 2.05) is 60.7 Å². The summed E-state index contributed by atoms with van der Waals surface area (Å²) in [6.07, 6.45) is 0. The molecule has 0 saturated carbocycles. The first-order valence-electron chi connectivity index (χ1n) is 20.8. The molecule has 0 aliphatic rings. The van der Waals surface area contributed by atoms with Crippen molar-refractivity contribution in [3.05, 3.63) is 60.7 Å². The number of hydrogen-bond donors (Lipinski definition) is 0. The number of hydrogen-bond acceptors (Lipinski definition) is 5. The molecule has 7 aromatic carbocycles. The van der Waals surface area contributed by atoms with Gasteiger partial charge < -0.3 is 9.32 Å². The molecule has 9 aromatic rings. The predicted octanol–water partition coefficient (Wildman–Crippen LogP) is -12.2. The first-order valence-corrected chi connectivity index (χ1v) is 20.8. The molecular formula is C45H10B20N4O. The fourth-order valence-corrected chi connectivity index (χ4v) is 8.61. The first kappa shape index (κ1) is 49.4.